The van der Waals surface area contributed by atoms with E-state index in [9.17, 15) is 0 Å². The molecule has 0 spiro atoms. The summed E-state index contributed by atoms with van der Waals surface area (Å²) in [5, 5.41) is 11.3. The Hall–Kier alpha value is -1.20. The third-order valence-electron chi connectivity index (χ3n) is 2.57. The van der Waals surface area contributed by atoms with Crippen molar-refractivity contribution in [2.75, 3.05) is 6.54 Å². The molecule has 2 rings (SSSR count). The number of rotatable bonds is 5. The lowest BCUT2D eigenvalue weighted by Crippen LogP contribution is -2.18. The third-order valence-corrected chi connectivity index (χ3v) is 3.10. The molecule has 0 unspecified atom stereocenters. The first kappa shape index (κ1) is 12.3. The SMILES string of the molecule is Cn1cnnc1CCNCc1ccc(Br)cc1. The van der Waals surface area contributed by atoms with Crippen LogP contribution in [-0.4, -0.2) is 21.3 Å². The highest BCUT2D eigenvalue weighted by atomic mass is 79.9. The maximum Gasteiger partial charge on any atom is 0.133 e. The van der Waals surface area contributed by atoms with E-state index in [1.807, 2.05) is 11.6 Å². The van der Waals surface area contributed by atoms with Crippen LogP contribution in [0.3, 0.4) is 0 Å². The summed E-state index contributed by atoms with van der Waals surface area (Å²) in [6.07, 6.45) is 2.62. The summed E-state index contributed by atoms with van der Waals surface area (Å²) in [6.45, 7) is 1.79. The number of aromatic nitrogens is 3. The molecule has 0 aliphatic rings. The van der Waals surface area contributed by atoms with Gasteiger partial charge in [-0.05, 0) is 17.7 Å². The Balaban J connectivity index is 1.73. The maximum absolute atomic E-state index is 4.04. The Morgan fingerprint density at radius 3 is 2.71 bits per heavy atom. The number of benzene rings is 1. The molecule has 1 N–H and O–H groups in total. The molecule has 1 aromatic carbocycles. The zero-order valence-corrected chi connectivity index (χ0v) is 11.3. The Bertz CT molecular complexity index is 464. The second kappa shape index (κ2) is 5.93. The van der Waals surface area contributed by atoms with Gasteiger partial charge in [0.15, 0.2) is 0 Å². The summed E-state index contributed by atoms with van der Waals surface area (Å²) in [5.74, 6) is 1.01. The molecule has 0 radical (unpaired) electrons. The number of hydrogen-bond acceptors (Lipinski definition) is 3. The summed E-state index contributed by atoms with van der Waals surface area (Å²) in [6, 6.07) is 8.33. The van der Waals surface area contributed by atoms with Gasteiger partial charge >= 0.3 is 0 Å². The Morgan fingerprint density at radius 1 is 1.29 bits per heavy atom. The second-order valence-corrected chi connectivity index (χ2v) is 4.83. The van der Waals surface area contributed by atoms with Crippen molar-refractivity contribution in [2.24, 2.45) is 7.05 Å². The van der Waals surface area contributed by atoms with E-state index >= 15 is 0 Å². The van der Waals surface area contributed by atoms with Crippen LogP contribution < -0.4 is 5.32 Å². The van der Waals surface area contributed by atoms with Crippen molar-refractivity contribution in [2.45, 2.75) is 13.0 Å². The number of hydrogen-bond donors (Lipinski definition) is 1. The molecule has 2 aromatic rings. The first-order valence-corrected chi connectivity index (χ1v) is 6.33. The minimum atomic E-state index is 0.880. The lowest BCUT2D eigenvalue weighted by Gasteiger charge is -2.04. The molecule has 0 fully saturated rings. The topological polar surface area (TPSA) is 42.7 Å². The van der Waals surface area contributed by atoms with Crippen molar-refractivity contribution in [3.05, 3.63) is 46.5 Å². The number of aryl methyl sites for hydroxylation is 1. The summed E-state index contributed by atoms with van der Waals surface area (Å²) in [7, 11) is 1.96. The monoisotopic (exact) mass is 294 g/mol. The summed E-state index contributed by atoms with van der Waals surface area (Å²) >= 11 is 3.42. The van der Waals surface area contributed by atoms with Crippen LogP contribution >= 0.6 is 15.9 Å². The van der Waals surface area contributed by atoms with Gasteiger partial charge in [-0.3, -0.25) is 0 Å². The molecule has 1 aromatic heterocycles. The van der Waals surface area contributed by atoms with Crippen molar-refractivity contribution < 1.29 is 0 Å². The van der Waals surface area contributed by atoms with Crippen molar-refractivity contribution in [3.63, 3.8) is 0 Å². The van der Waals surface area contributed by atoms with E-state index in [2.05, 4.69) is 55.7 Å². The molecular weight excluding hydrogens is 280 g/mol. The van der Waals surface area contributed by atoms with Gasteiger partial charge in [-0.2, -0.15) is 0 Å². The molecule has 17 heavy (non-hydrogen) atoms. The molecule has 0 saturated heterocycles. The van der Waals surface area contributed by atoms with Crippen molar-refractivity contribution in [1.82, 2.24) is 20.1 Å². The smallest absolute Gasteiger partial charge is 0.133 e. The highest BCUT2D eigenvalue weighted by Gasteiger charge is 1.99. The summed E-state index contributed by atoms with van der Waals surface area (Å²) in [5.41, 5.74) is 1.28. The Labute approximate surface area is 109 Å². The largest absolute Gasteiger partial charge is 0.321 e. The molecule has 0 aliphatic heterocycles. The standard InChI is InChI=1S/C12H15BrN4/c1-17-9-15-16-12(17)6-7-14-8-10-2-4-11(13)5-3-10/h2-5,9,14H,6-8H2,1H3. The molecule has 0 bridgehead atoms. The minimum absolute atomic E-state index is 0.880. The zero-order chi connectivity index (χ0) is 12.1. The fourth-order valence-electron chi connectivity index (χ4n) is 1.57. The summed E-state index contributed by atoms with van der Waals surface area (Å²) < 4.78 is 3.06. The molecule has 1 heterocycles. The van der Waals surface area contributed by atoms with Crippen LogP contribution in [-0.2, 0) is 20.0 Å². The molecule has 0 atom stereocenters. The van der Waals surface area contributed by atoms with Gasteiger partial charge in [0, 0.05) is 31.0 Å². The number of nitrogens with zero attached hydrogens (tertiary/aromatic N) is 3. The predicted octanol–water partition coefficient (Wildman–Crippen LogP) is 1.91. The first-order chi connectivity index (χ1) is 8.25. The number of halogens is 1. The molecule has 0 amide bonds. The van der Waals surface area contributed by atoms with Crippen LogP contribution in [0.1, 0.15) is 11.4 Å². The van der Waals surface area contributed by atoms with Gasteiger partial charge in [0.2, 0.25) is 0 Å². The Kier molecular flexibility index (Phi) is 4.28. The van der Waals surface area contributed by atoms with Crippen LogP contribution in [0.25, 0.3) is 0 Å². The van der Waals surface area contributed by atoms with Crippen LogP contribution in [0.2, 0.25) is 0 Å². The highest BCUT2D eigenvalue weighted by molar-refractivity contribution is 9.10. The van der Waals surface area contributed by atoms with Gasteiger partial charge in [-0.1, -0.05) is 28.1 Å². The van der Waals surface area contributed by atoms with Crippen molar-refractivity contribution in [1.29, 1.82) is 0 Å². The zero-order valence-electron chi connectivity index (χ0n) is 9.73. The van der Waals surface area contributed by atoms with E-state index in [1.165, 1.54) is 5.56 Å². The van der Waals surface area contributed by atoms with Crippen LogP contribution in [0, 0.1) is 0 Å². The lowest BCUT2D eigenvalue weighted by molar-refractivity contribution is 0.654. The molecular formula is C12H15BrN4. The average Bonchev–Trinajstić information content (AvgIpc) is 2.73. The molecule has 5 heteroatoms. The van der Waals surface area contributed by atoms with E-state index in [0.717, 1.165) is 29.8 Å². The van der Waals surface area contributed by atoms with E-state index in [1.54, 1.807) is 6.33 Å². The van der Waals surface area contributed by atoms with Gasteiger partial charge in [0.05, 0.1) is 0 Å². The van der Waals surface area contributed by atoms with Crippen LogP contribution in [0.15, 0.2) is 35.1 Å². The van der Waals surface area contributed by atoms with Crippen molar-refractivity contribution in [3.8, 4) is 0 Å². The van der Waals surface area contributed by atoms with E-state index in [-0.39, 0.29) is 0 Å². The Morgan fingerprint density at radius 2 is 2.06 bits per heavy atom. The lowest BCUT2D eigenvalue weighted by atomic mass is 10.2. The maximum atomic E-state index is 4.04. The van der Waals surface area contributed by atoms with E-state index in [0.29, 0.717) is 0 Å². The fourth-order valence-corrected chi connectivity index (χ4v) is 1.83. The molecule has 0 aliphatic carbocycles. The highest BCUT2D eigenvalue weighted by Crippen LogP contribution is 2.10. The average molecular weight is 295 g/mol. The minimum Gasteiger partial charge on any atom is -0.321 e. The summed E-state index contributed by atoms with van der Waals surface area (Å²) in [4.78, 5) is 0. The van der Waals surface area contributed by atoms with Gasteiger partial charge < -0.3 is 9.88 Å². The normalized spacial score (nSPS) is 10.7. The van der Waals surface area contributed by atoms with Gasteiger partial charge in [0.25, 0.3) is 0 Å². The fraction of sp³-hybridized carbons (Fsp3) is 0.333. The van der Waals surface area contributed by atoms with Gasteiger partial charge in [-0.15, -0.1) is 10.2 Å². The molecule has 0 saturated carbocycles. The molecule has 4 nitrogen and oxygen atoms in total. The number of nitrogens with one attached hydrogen (secondary N) is 1. The van der Waals surface area contributed by atoms with E-state index < -0.39 is 0 Å². The van der Waals surface area contributed by atoms with Crippen molar-refractivity contribution >= 4 is 15.9 Å². The second-order valence-electron chi connectivity index (χ2n) is 3.91. The first-order valence-electron chi connectivity index (χ1n) is 5.54. The van der Waals surface area contributed by atoms with E-state index in [4.69, 9.17) is 0 Å². The van der Waals surface area contributed by atoms with Gasteiger partial charge in [0.1, 0.15) is 12.2 Å². The molecule has 90 valence electrons. The van der Waals surface area contributed by atoms with Gasteiger partial charge in [-0.25, -0.2) is 0 Å². The predicted molar refractivity (Wildman–Crippen MR) is 70.6 cm³/mol. The quantitative estimate of drug-likeness (QED) is 0.857. The van der Waals surface area contributed by atoms with Crippen LogP contribution in [0.4, 0.5) is 0 Å². The van der Waals surface area contributed by atoms with Crippen LogP contribution in [0.5, 0.6) is 0 Å². The third kappa shape index (κ3) is 3.64.